The minimum absolute atomic E-state index is 0.217. The third-order valence-electron chi connectivity index (χ3n) is 4.07. The van der Waals surface area contributed by atoms with E-state index >= 15 is 0 Å². The average molecular weight is 383 g/mol. The lowest BCUT2D eigenvalue weighted by atomic mass is 10.1. The number of nitrogens with zero attached hydrogens (tertiary/aromatic N) is 4. The summed E-state index contributed by atoms with van der Waals surface area (Å²) in [6.07, 6.45) is 0.675. The third kappa shape index (κ3) is 4.27. The molecule has 26 heavy (non-hydrogen) atoms. The fourth-order valence-electron chi connectivity index (χ4n) is 2.65. The van der Waals surface area contributed by atoms with Crippen LogP contribution in [-0.4, -0.2) is 20.0 Å². The van der Waals surface area contributed by atoms with Gasteiger partial charge in [0.05, 0.1) is 6.07 Å². The Kier molecular flexibility index (Phi) is 5.97. The van der Waals surface area contributed by atoms with E-state index in [-0.39, 0.29) is 5.25 Å². The third-order valence-corrected chi connectivity index (χ3v) is 5.39. The van der Waals surface area contributed by atoms with E-state index in [0.29, 0.717) is 11.4 Å². The smallest absolute Gasteiger partial charge is 0.192 e. The second-order valence-corrected chi connectivity index (χ2v) is 7.59. The highest BCUT2D eigenvalue weighted by Gasteiger charge is 2.18. The first-order valence-corrected chi connectivity index (χ1v) is 9.67. The van der Waals surface area contributed by atoms with Gasteiger partial charge in [-0.2, -0.15) is 5.26 Å². The number of nitriles is 1. The molecule has 1 unspecified atom stereocenters. The second kappa shape index (κ2) is 8.39. The van der Waals surface area contributed by atoms with E-state index in [2.05, 4.69) is 47.5 Å². The summed E-state index contributed by atoms with van der Waals surface area (Å²) >= 11 is 7.43. The lowest BCUT2D eigenvalue weighted by molar-refractivity contribution is 0.686. The molecule has 4 nitrogen and oxygen atoms in total. The summed E-state index contributed by atoms with van der Waals surface area (Å²) in [5, 5.41) is 19.5. The first kappa shape index (κ1) is 18.5. The molecule has 0 aliphatic heterocycles. The molecule has 2 aromatic carbocycles. The Balaban J connectivity index is 1.81. The van der Waals surface area contributed by atoms with E-state index in [1.54, 1.807) is 0 Å². The quantitative estimate of drug-likeness (QED) is 0.553. The summed E-state index contributed by atoms with van der Waals surface area (Å²) in [6.45, 7) is 4.84. The number of hydrogen-bond acceptors (Lipinski definition) is 4. The molecule has 0 N–H and O–H groups in total. The van der Waals surface area contributed by atoms with Crippen molar-refractivity contribution in [3.05, 3.63) is 64.7 Å². The minimum atomic E-state index is -0.217. The SMILES string of the molecule is CCn1c(SC(C#N)Cc2ccc(C)cc2)nnc1-c1ccc(Cl)cc1. The van der Waals surface area contributed by atoms with Gasteiger partial charge in [0.15, 0.2) is 11.0 Å². The fourth-order valence-corrected chi connectivity index (χ4v) is 3.79. The van der Waals surface area contributed by atoms with Crippen LogP contribution in [0, 0.1) is 18.3 Å². The van der Waals surface area contributed by atoms with Crippen LogP contribution in [0.15, 0.2) is 53.7 Å². The number of aromatic nitrogens is 3. The van der Waals surface area contributed by atoms with Crippen LogP contribution in [0.3, 0.4) is 0 Å². The monoisotopic (exact) mass is 382 g/mol. The minimum Gasteiger partial charge on any atom is -0.302 e. The van der Waals surface area contributed by atoms with E-state index in [4.69, 9.17) is 11.6 Å². The predicted molar refractivity (Wildman–Crippen MR) is 106 cm³/mol. The Morgan fingerprint density at radius 3 is 2.42 bits per heavy atom. The van der Waals surface area contributed by atoms with Crippen LogP contribution in [0.25, 0.3) is 11.4 Å². The number of rotatable bonds is 6. The van der Waals surface area contributed by atoms with Gasteiger partial charge in [0.25, 0.3) is 0 Å². The zero-order valence-corrected chi connectivity index (χ0v) is 16.3. The highest BCUT2D eigenvalue weighted by atomic mass is 35.5. The molecule has 6 heteroatoms. The zero-order chi connectivity index (χ0) is 18.5. The number of halogens is 1. The van der Waals surface area contributed by atoms with Gasteiger partial charge in [-0.3, -0.25) is 0 Å². The van der Waals surface area contributed by atoms with Crippen molar-refractivity contribution in [2.75, 3.05) is 0 Å². The first-order valence-electron chi connectivity index (χ1n) is 8.41. The highest BCUT2D eigenvalue weighted by Crippen LogP contribution is 2.28. The van der Waals surface area contributed by atoms with E-state index in [9.17, 15) is 5.26 Å². The van der Waals surface area contributed by atoms with Crippen LogP contribution in [0.5, 0.6) is 0 Å². The molecular formula is C20H19ClN4S. The molecule has 0 saturated carbocycles. The first-order chi connectivity index (χ1) is 12.6. The number of benzene rings is 2. The Labute approximate surface area is 162 Å². The Hall–Kier alpha value is -2.29. The van der Waals surface area contributed by atoms with Gasteiger partial charge in [0, 0.05) is 17.1 Å². The maximum absolute atomic E-state index is 9.58. The molecule has 0 saturated heterocycles. The fraction of sp³-hybridized carbons (Fsp3) is 0.250. The van der Waals surface area contributed by atoms with Gasteiger partial charge in [-0.05, 0) is 50.1 Å². The van der Waals surface area contributed by atoms with Crippen molar-refractivity contribution in [2.45, 2.75) is 37.2 Å². The van der Waals surface area contributed by atoms with Gasteiger partial charge in [-0.25, -0.2) is 0 Å². The van der Waals surface area contributed by atoms with Crippen LogP contribution in [-0.2, 0) is 13.0 Å². The lowest BCUT2D eigenvalue weighted by Crippen LogP contribution is -2.07. The molecular weight excluding hydrogens is 364 g/mol. The van der Waals surface area contributed by atoms with Gasteiger partial charge in [-0.15, -0.1) is 10.2 Å². The molecule has 0 bridgehead atoms. The average Bonchev–Trinajstić information content (AvgIpc) is 3.06. The molecule has 3 rings (SSSR count). The standard InChI is InChI=1S/C20H19ClN4S/c1-3-25-19(16-8-10-17(21)11-9-16)23-24-20(25)26-18(13-22)12-15-6-4-14(2)5-7-15/h4-11,18H,3,12H2,1-2H3. The second-order valence-electron chi connectivity index (χ2n) is 5.98. The molecule has 1 aromatic heterocycles. The molecule has 1 heterocycles. The summed E-state index contributed by atoms with van der Waals surface area (Å²) in [5.41, 5.74) is 3.33. The summed E-state index contributed by atoms with van der Waals surface area (Å²) in [5.74, 6) is 0.790. The Morgan fingerprint density at radius 2 is 1.81 bits per heavy atom. The van der Waals surface area contributed by atoms with Gasteiger partial charge < -0.3 is 4.57 Å². The molecule has 0 amide bonds. The summed E-state index contributed by atoms with van der Waals surface area (Å²) in [7, 11) is 0. The zero-order valence-electron chi connectivity index (χ0n) is 14.7. The molecule has 3 aromatic rings. The Morgan fingerprint density at radius 1 is 1.12 bits per heavy atom. The van der Waals surface area contributed by atoms with Crippen molar-refractivity contribution in [3.63, 3.8) is 0 Å². The number of thioether (sulfide) groups is 1. The topological polar surface area (TPSA) is 54.5 Å². The molecule has 0 radical (unpaired) electrons. The van der Waals surface area contributed by atoms with Crippen LogP contribution in [0.1, 0.15) is 18.1 Å². The molecule has 0 fully saturated rings. The van der Waals surface area contributed by atoms with Crippen molar-refractivity contribution < 1.29 is 0 Å². The van der Waals surface area contributed by atoms with Crippen LogP contribution >= 0.6 is 23.4 Å². The highest BCUT2D eigenvalue weighted by molar-refractivity contribution is 8.00. The van der Waals surface area contributed by atoms with Crippen molar-refractivity contribution in [3.8, 4) is 17.5 Å². The largest absolute Gasteiger partial charge is 0.302 e. The van der Waals surface area contributed by atoms with Crippen LogP contribution < -0.4 is 0 Å². The molecule has 0 aliphatic carbocycles. The van der Waals surface area contributed by atoms with E-state index in [1.807, 2.05) is 35.8 Å². The number of hydrogen-bond donors (Lipinski definition) is 0. The molecule has 132 valence electrons. The lowest BCUT2D eigenvalue weighted by Gasteiger charge is -2.11. The predicted octanol–water partition coefficient (Wildman–Crippen LogP) is 5.15. The Bertz CT molecular complexity index is 910. The van der Waals surface area contributed by atoms with Crippen molar-refractivity contribution in [2.24, 2.45) is 0 Å². The normalized spacial score (nSPS) is 11.9. The van der Waals surface area contributed by atoms with Crippen molar-refractivity contribution >= 4 is 23.4 Å². The van der Waals surface area contributed by atoms with Crippen LogP contribution in [0.2, 0.25) is 5.02 Å². The van der Waals surface area contributed by atoms with E-state index < -0.39 is 0 Å². The van der Waals surface area contributed by atoms with Gasteiger partial charge >= 0.3 is 0 Å². The number of aryl methyl sites for hydroxylation is 1. The summed E-state index contributed by atoms with van der Waals surface area (Å²) < 4.78 is 2.04. The van der Waals surface area contributed by atoms with Crippen molar-refractivity contribution in [1.82, 2.24) is 14.8 Å². The maximum atomic E-state index is 9.58. The molecule has 1 atom stereocenters. The van der Waals surface area contributed by atoms with E-state index in [1.165, 1.54) is 17.3 Å². The summed E-state index contributed by atoms with van der Waals surface area (Å²) in [6, 6.07) is 18.2. The van der Waals surface area contributed by atoms with Crippen molar-refractivity contribution in [1.29, 1.82) is 5.26 Å². The van der Waals surface area contributed by atoms with Crippen LogP contribution in [0.4, 0.5) is 0 Å². The molecule has 0 aliphatic rings. The van der Waals surface area contributed by atoms with E-state index in [0.717, 1.165) is 28.7 Å². The van der Waals surface area contributed by atoms with Gasteiger partial charge in [0.1, 0.15) is 5.25 Å². The maximum Gasteiger partial charge on any atom is 0.192 e. The van der Waals surface area contributed by atoms with Gasteiger partial charge in [0.2, 0.25) is 0 Å². The van der Waals surface area contributed by atoms with Gasteiger partial charge in [-0.1, -0.05) is 53.2 Å². The summed E-state index contributed by atoms with van der Waals surface area (Å²) in [4.78, 5) is 0. The molecule has 0 spiro atoms.